The number of benzene rings is 2. The molecule has 0 unspecified atom stereocenters. The van der Waals surface area contributed by atoms with E-state index < -0.39 is 12.1 Å². The van der Waals surface area contributed by atoms with Gasteiger partial charge in [-0.2, -0.15) is 0 Å². The zero-order valence-electron chi connectivity index (χ0n) is 20.4. The van der Waals surface area contributed by atoms with Crippen LogP contribution in [0.15, 0.2) is 54.6 Å². The normalized spacial score (nSPS) is 19.9. The van der Waals surface area contributed by atoms with Crippen LogP contribution in [0.25, 0.3) is 0 Å². The summed E-state index contributed by atoms with van der Waals surface area (Å²) >= 11 is 0. The summed E-state index contributed by atoms with van der Waals surface area (Å²) in [6.07, 6.45) is 1.71. The van der Waals surface area contributed by atoms with Crippen molar-refractivity contribution in [2.24, 2.45) is 0 Å². The van der Waals surface area contributed by atoms with E-state index >= 15 is 0 Å². The Bertz CT molecular complexity index is 1100. The van der Waals surface area contributed by atoms with Crippen LogP contribution in [0, 0.1) is 0 Å². The summed E-state index contributed by atoms with van der Waals surface area (Å²) in [4.78, 5) is 57.5. The molecule has 0 aliphatic carbocycles. The molecular formula is C27H32N4O4. The van der Waals surface area contributed by atoms with Gasteiger partial charge in [-0.15, -0.1) is 0 Å². The Labute approximate surface area is 205 Å². The first-order valence-electron chi connectivity index (χ1n) is 12.1. The molecule has 2 heterocycles. The van der Waals surface area contributed by atoms with Crippen LogP contribution in [0.5, 0.6) is 0 Å². The van der Waals surface area contributed by atoms with Gasteiger partial charge in [0.15, 0.2) is 5.78 Å². The molecular weight excluding hydrogens is 444 g/mol. The number of hydrogen-bond donors (Lipinski definition) is 1. The lowest BCUT2D eigenvalue weighted by atomic mass is 10.1. The van der Waals surface area contributed by atoms with Crippen molar-refractivity contribution in [1.29, 1.82) is 0 Å². The van der Waals surface area contributed by atoms with Crippen molar-refractivity contribution in [3.63, 3.8) is 0 Å². The van der Waals surface area contributed by atoms with Crippen molar-refractivity contribution in [3.8, 4) is 0 Å². The molecule has 2 fully saturated rings. The maximum Gasteiger partial charge on any atom is 0.254 e. The SMILES string of the molecule is CCC[C@H](NC(=O)c1ccc(N(C)C)cc1)C(=O)N1CC[C@@H]2[C@H]1C(=O)CN2C(=O)c1ccccc1. The number of hydrogen-bond acceptors (Lipinski definition) is 5. The predicted molar refractivity (Wildman–Crippen MR) is 133 cm³/mol. The van der Waals surface area contributed by atoms with Crippen molar-refractivity contribution < 1.29 is 19.2 Å². The molecule has 35 heavy (non-hydrogen) atoms. The smallest absolute Gasteiger partial charge is 0.254 e. The maximum absolute atomic E-state index is 13.5. The van der Waals surface area contributed by atoms with Gasteiger partial charge in [-0.05, 0) is 49.2 Å². The van der Waals surface area contributed by atoms with Gasteiger partial charge in [-0.25, -0.2) is 0 Å². The Balaban J connectivity index is 1.47. The van der Waals surface area contributed by atoms with E-state index in [9.17, 15) is 19.2 Å². The van der Waals surface area contributed by atoms with Gasteiger partial charge < -0.3 is 20.0 Å². The van der Waals surface area contributed by atoms with E-state index in [1.807, 2.05) is 44.1 Å². The molecule has 3 atom stereocenters. The molecule has 8 heteroatoms. The largest absolute Gasteiger partial charge is 0.378 e. The van der Waals surface area contributed by atoms with Crippen molar-refractivity contribution >= 4 is 29.2 Å². The predicted octanol–water partition coefficient (Wildman–Crippen LogP) is 2.35. The molecule has 3 amide bonds. The molecule has 2 aromatic rings. The van der Waals surface area contributed by atoms with E-state index in [1.54, 1.807) is 46.2 Å². The molecule has 0 bridgehead atoms. The molecule has 2 aliphatic rings. The van der Waals surface area contributed by atoms with Gasteiger partial charge in [0.1, 0.15) is 12.1 Å². The lowest BCUT2D eigenvalue weighted by molar-refractivity contribution is -0.138. The van der Waals surface area contributed by atoms with E-state index in [0.717, 1.165) is 5.69 Å². The second-order valence-corrected chi connectivity index (χ2v) is 9.35. The summed E-state index contributed by atoms with van der Waals surface area (Å²) in [5.74, 6) is -0.914. The number of carbonyl (C=O) groups is 4. The molecule has 2 aromatic carbocycles. The average molecular weight is 477 g/mol. The van der Waals surface area contributed by atoms with Gasteiger partial charge in [0.2, 0.25) is 5.91 Å². The van der Waals surface area contributed by atoms with Crippen LogP contribution in [0.2, 0.25) is 0 Å². The first-order valence-corrected chi connectivity index (χ1v) is 12.1. The van der Waals surface area contributed by atoms with Crippen LogP contribution in [0.1, 0.15) is 46.9 Å². The molecule has 0 radical (unpaired) electrons. The number of nitrogens with zero attached hydrogens (tertiary/aromatic N) is 3. The highest BCUT2D eigenvalue weighted by Crippen LogP contribution is 2.31. The zero-order valence-corrected chi connectivity index (χ0v) is 20.4. The molecule has 2 aliphatic heterocycles. The van der Waals surface area contributed by atoms with Gasteiger partial charge in [0.25, 0.3) is 11.8 Å². The summed E-state index contributed by atoms with van der Waals surface area (Å²) < 4.78 is 0. The topological polar surface area (TPSA) is 90.0 Å². The van der Waals surface area contributed by atoms with Crippen LogP contribution in [-0.2, 0) is 9.59 Å². The number of likely N-dealkylation sites (tertiary alicyclic amines) is 2. The van der Waals surface area contributed by atoms with E-state index in [-0.39, 0.29) is 36.1 Å². The Morgan fingerprint density at radius 2 is 1.69 bits per heavy atom. The van der Waals surface area contributed by atoms with Crippen LogP contribution < -0.4 is 10.2 Å². The summed E-state index contributed by atoms with van der Waals surface area (Å²) in [6.45, 7) is 2.33. The molecule has 1 N–H and O–H groups in total. The molecule has 0 spiro atoms. The Kier molecular flexibility index (Phi) is 7.19. The number of Topliss-reactive ketones (excluding diaryl/α,β-unsaturated/α-hetero) is 1. The Hall–Kier alpha value is -3.68. The van der Waals surface area contributed by atoms with E-state index in [4.69, 9.17) is 0 Å². The number of anilines is 1. The number of ketones is 1. The highest BCUT2D eigenvalue weighted by molar-refractivity contribution is 6.03. The highest BCUT2D eigenvalue weighted by atomic mass is 16.2. The fourth-order valence-corrected chi connectivity index (χ4v) is 4.98. The van der Waals surface area contributed by atoms with Gasteiger partial charge in [-0.1, -0.05) is 31.5 Å². The van der Waals surface area contributed by atoms with Gasteiger partial charge in [0.05, 0.1) is 12.6 Å². The first kappa shape index (κ1) is 24.4. The minimum absolute atomic E-state index is 0.00410. The summed E-state index contributed by atoms with van der Waals surface area (Å²) in [5.41, 5.74) is 1.97. The molecule has 184 valence electrons. The van der Waals surface area contributed by atoms with Crippen molar-refractivity contribution in [3.05, 3.63) is 65.7 Å². The number of amides is 3. The fourth-order valence-electron chi connectivity index (χ4n) is 4.98. The molecule has 4 rings (SSSR count). The molecule has 0 aromatic heterocycles. The number of nitrogens with one attached hydrogen (secondary N) is 1. The lowest BCUT2D eigenvalue weighted by Gasteiger charge is -2.28. The van der Waals surface area contributed by atoms with E-state index in [1.165, 1.54) is 0 Å². The van der Waals surface area contributed by atoms with Crippen molar-refractivity contribution in [2.45, 2.75) is 44.3 Å². The van der Waals surface area contributed by atoms with Gasteiger partial charge in [0, 0.05) is 37.5 Å². The maximum atomic E-state index is 13.5. The minimum atomic E-state index is -0.730. The minimum Gasteiger partial charge on any atom is -0.378 e. The van der Waals surface area contributed by atoms with E-state index in [0.29, 0.717) is 36.9 Å². The third-order valence-electron chi connectivity index (χ3n) is 6.81. The molecule has 2 saturated heterocycles. The summed E-state index contributed by atoms with van der Waals surface area (Å²) in [6, 6.07) is 14.3. The van der Waals surface area contributed by atoms with Crippen LogP contribution >= 0.6 is 0 Å². The van der Waals surface area contributed by atoms with Gasteiger partial charge >= 0.3 is 0 Å². The number of rotatable bonds is 7. The number of fused-ring (bicyclic) bond motifs is 1. The van der Waals surface area contributed by atoms with Crippen LogP contribution in [0.4, 0.5) is 5.69 Å². The second-order valence-electron chi connectivity index (χ2n) is 9.35. The third-order valence-corrected chi connectivity index (χ3v) is 6.81. The van der Waals surface area contributed by atoms with Crippen molar-refractivity contribution in [2.75, 3.05) is 32.1 Å². The Morgan fingerprint density at radius 1 is 1.00 bits per heavy atom. The van der Waals surface area contributed by atoms with Gasteiger partial charge in [-0.3, -0.25) is 19.2 Å². The monoisotopic (exact) mass is 476 g/mol. The average Bonchev–Trinajstić information content (AvgIpc) is 3.44. The molecule has 0 saturated carbocycles. The van der Waals surface area contributed by atoms with Crippen LogP contribution in [-0.4, -0.2) is 78.6 Å². The zero-order chi connectivity index (χ0) is 25.1. The van der Waals surface area contributed by atoms with E-state index in [2.05, 4.69) is 5.32 Å². The lowest BCUT2D eigenvalue weighted by Crippen LogP contribution is -2.52. The Morgan fingerprint density at radius 3 is 2.31 bits per heavy atom. The fraction of sp³-hybridized carbons (Fsp3) is 0.407. The summed E-state index contributed by atoms with van der Waals surface area (Å²) in [5, 5.41) is 2.88. The second kappa shape index (κ2) is 10.3. The first-order chi connectivity index (χ1) is 16.8. The van der Waals surface area contributed by atoms with Crippen LogP contribution in [0.3, 0.4) is 0 Å². The standard InChI is InChI=1S/C27H32N4O4/c1-4-8-21(28-25(33)18-11-13-20(14-12-18)29(2)3)27(35)30-16-15-22-24(30)23(32)17-31(22)26(34)19-9-6-5-7-10-19/h5-7,9-14,21-22,24H,4,8,15-17H2,1-3H3,(H,28,33)/t21-,22+,24-/m0/s1. The van der Waals surface area contributed by atoms with Crippen molar-refractivity contribution in [1.82, 2.24) is 15.1 Å². The number of carbonyl (C=O) groups excluding carboxylic acids is 4. The highest BCUT2D eigenvalue weighted by Gasteiger charge is 2.52. The third kappa shape index (κ3) is 4.92. The summed E-state index contributed by atoms with van der Waals surface area (Å²) in [7, 11) is 3.85. The molecule has 8 nitrogen and oxygen atoms in total. The quantitative estimate of drug-likeness (QED) is 0.663.